The molecule has 0 bridgehead atoms. The summed E-state index contributed by atoms with van der Waals surface area (Å²) < 4.78 is 27.0. The first-order valence-electron chi connectivity index (χ1n) is 5.78. The average Bonchev–Trinajstić information content (AvgIpc) is 2.35. The van der Waals surface area contributed by atoms with E-state index in [4.69, 9.17) is 5.11 Å². The van der Waals surface area contributed by atoms with Gasteiger partial charge < -0.3 is 5.11 Å². The van der Waals surface area contributed by atoms with Crippen LogP contribution in [0.2, 0.25) is 0 Å². The van der Waals surface area contributed by atoms with Crippen LogP contribution in [-0.4, -0.2) is 45.1 Å². The van der Waals surface area contributed by atoms with Crippen molar-refractivity contribution in [3.05, 3.63) is 29.8 Å². The summed E-state index contributed by atoms with van der Waals surface area (Å²) in [5, 5.41) is 8.75. The van der Waals surface area contributed by atoms with Gasteiger partial charge in [-0.1, -0.05) is 18.2 Å². The van der Waals surface area contributed by atoms with E-state index in [9.17, 15) is 8.42 Å². The monoisotopic (exact) mass is 272 g/mol. The Hall–Kier alpha value is -1.11. The van der Waals surface area contributed by atoms with Crippen molar-refractivity contribution in [3.63, 3.8) is 0 Å². The maximum atomic E-state index is 12.3. The molecule has 0 amide bonds. The third-order valence-electron chi connectivity index (χ3n) is 2.83. The molecular formula is C12H20N2O3S. The van der Waals surface area contributed by atoms with Gasteiger partial charge in [-0.25, -0.2) is 0 Å². The molecule has 0 saturated carbocycles. The summed E-state index contributed by atoms with van der Waals surface area (Å²) in [4.78, 5) is 0. The number of rotatable bonds is 6. The zero-order valence-corrected chi connectivity index (χ0v) is 11.8. The number of anilines is 1. The summed E-state index contributed by atoms with van der Waals surface area (Å²) >= 11 is 0. The standard InChI is InChI=1S/C12H20N2O3S/c1-11-7-4-5-8-12(11)14(3)18(16,17)13(2)9-6-10-15/h4-5,7-8,15H,6,9-10H2,1-3H3. The van der Waals surface area contributed by atoms with Gasteiger partial charge in [-0.15, -0.1) is 0 Å². The van der Waals surface area contributed by atoms with E-state index in [-0.39, 0.29) is 6.61 Å². The van der Waals surface area contributed by atoms with Gasteiger partial charge in [0.15, 0.2) is 0 Å². The number of para-hydroxylation sites is 1. The number of hydrogen-bond acceptors (Lipinski definition) is 3. The molecule has 0 fully saturated rings. The van der Waals surface area contributed by atoms with Crippen LogP contribution >= 0.6 is 0 Å². The molecule has 18 heavy (non-hydrogen) atoms. The maximum Gasteiger partial charge on any atom is 0.303 e. The molecule has 0 aliphatic carbocycles. The van der Waals surface area contributed by atoms with E-state index in [1.807, 2.05) is 25.1 Å². The highest BCUT2D eigenvalue weighted by molar-refractivity contribution is 7.90. The molecule has 1 rings (SSSR count). The van der Waals surface area contributed by atoms with Gasteiger partial charge in [-0.05, 0) is 25.0 Å². The van der Waals surface area contributed by atoms with E-state index in [2.05, 4.69) is 0 Å². The quantitative estimate of drug-likeness (QED) is 0.840. The molecule has 0 radical (unpaired) electrons. The average molecular weight is 272 g/mol. The molecule has 0 aromatic heterocycles. The molecule has 0 atom stereocenters. The lowest BCUT2D eigenvalue weighted by atomic mass is 10.2. The van der Waals surface area contributed by atoms with Gasteiger partial charge in [0.05, 0.1) is 5.69 Å². The Kier molecular flexibility index (Phi) is 5.13. The smallest absolute Gasteiger partial charge is 0.303 e. The normalized spacial score (nSPS) is 11.8. The number of nitrogens with zero attached hydrogens (tertiary/aromatic N) is 2. The van der Waals surface area contributed by atoms with E-state index < -0.39 is 10.2 Å². The van der Waals surface area contributed by atoms with Crippen molar-refractivity contribution in [1.29, 1.82) is 0 Å². The first-order valence-corrected chi connectivity index (χ1v) is 7.17. The van der Waals surface area contributed by atoms with Crippen molar-refractivity contribution in [3.8, 4) is 0 Å². The molecule has 1 N–H and O–H groups in total. The summed E-state index contributed by atoms with van der Waals surface area (Å²) in [5.41, 5.74) is 1.56. The lowest BCUT2D eigenvalue weighted by molar-refractivity contribution is 0.275. The molecule has 0 saturated heterocycles. The highest BCUT2D eigenvalue weighted by Crippen LogP contribution is 2.21. The Morgan fingerprint density at radius 2 is 1.83 bits per heavy atom. The van der Waals surface area contributed by atoms with Crippen LogP contribution in [0.4, 0.5) is 5.69 Å². The minimum Gasteiger partial charge on any atom is -0.396 e. The van der Waals surface area contributed by atoms with Gasteiger partial charge in [-0.3, -0.25) is 4.31 Å². The Morgan fingerprint density at radius 1 is 1.22 bits per heavy atom. The molecule has 1 aromatic rings. The van der Waals surface area contributed by atoms with Crippen molar-refractivity contribution >= 4 is 15.9 Å². The fraction of sp³-hybridized carbons (Fsp3) is 0.500. The summed E-state index contributed by atoms with van der Waals surface area (Å²) in [6, 6.07) is 7.32. The molecule has 0 heterocycles. The van der Waals surface area contributed by atoms with Crippen molar-refractivity contribution < 1.29 is 13.5 Å². The van der Waals surface area contributed by atoms with Gasteiger partial charge in [0.2, 0.25) is 0 Å². The Bertz CT molecular complexity index is 488. The third-order valence-corrected chi connectivity index (χ3v) is 4.68. The SMILES string of the molecule is Cc1ccccc1N(C)S(=O)(=O)N(C)CCCO. The zero-order valence-electron chi connectivity index (χ0n) is 11.0. The minimum absolute atomic E-state index is 0.0199. The molecule has 0 unspecified atom stereocenters. The van der Waals surface area contributed by atoms with Crippen LogP contribution in [0.15, 0.2) is 24.3 Å². The second kappa shape index (κ2) is 6.17. The predicted molar refractivity (Wildman–Crippen MR) is 72.8 cm³/mol. The Labute approximate surface area is 109 Å². The van der Waals surface area contributed by atoms with Crippen LogP contribution in [0.1, 0.15) is 12.0 Å². The highest BCUT2D eigenvalue weighted by Gasteiger charge is 2.24. The van der Waals surface area contributed by atoms with E-state index in [1.165, 1.54) is 22.7 Å². The van der Waals surface area contributed by atoms with Crippen molar-refractivity contribution in [2.45, 2.75) is 13.3 Å². The number of aliphatic hydroxyl groups is 1. The zero-order chi connectivity index (χ0) is 13.8. The Morgan fingerprint density at radius 3 is 2.39 bits per heavy atom. The first-order chi connectivity index (χ1) is 8.41. The predicted octanol–water partition coefficient (Wildman–Crippen LogP) is 0.990. The molecule has 5 nitrogen and oxygen atoms in total. The largest absolute Gasteiger partial charge is 0.396 e. The van der Waals surface area contributed by atoms with Crippen LogP contribution < -0.4 is 4.31 Å². The number of aryl methyl sites for hydroxylation is 1. The van der Waals surface area contributed by atoms with Gasteiger partial charge in [0.1, 0.15) is 0 Å². The molecule has 1 aromatic carbocycles. The van der Waals surface area contributed by atoms with Crippen molar-refractivity contribution in [1.82, 2.24) is 4.31 Å². The summed E-state index contributed by atoms with van der Waals surface area (Å²) in [5.74, 6) is 0. The van der Waals surface area contributed by atoms with Crippen molar-refractivity contribution in [2.75, 3.05) is 31.6 Å². The lowest BCUT2D eigenvalue weighted by Gasteiger charge is -2.26. The van der Waals surface area contributed by atoms with E-state index in [0.717, 1.165) is 5.56 Å². The number of aliphatic hydroxyl groups excluding tert-OH is 1. The Balaban J connectivity index is 2.95. The molecular weight excluding hydrogens is 252 g/mol. The number of hydrogen-bond donors (Lipinski definition) is 1. The topological polar surface area (TPSA) is 60.9 Å². The van der Waals surface area contributed by atoms with Gasteiger partial charge in [0.25, 0.3) is 0 Å². The van der Waals surface area contributed by atoms with Gasteiger partial charge in [-0.2, -0.15) is 12.7 Å². The molecule has 0 spiro atoms. The molecule has 6 heteroatoms. The second-order valence-corrected chi connectivity index (χ2v) is 6.23. The van der Waals surface area contributed by atoms with Crippen molar-refractivity contribution in [2.24, 2.45) is 0 Å². The van der Waals surface area contributed by atoms with Crippen LogP contribution in [0, 0.1) is 6.92 Å². The van der Waals surface area contributed by atoms with Crippen LogP contribution in [-0.2, 0) is 10.2 Å². The first kappa shape index (κ1) is 14.9. The summed E-state index contributed by atoms with van der Waals surface area (Å²) in [6.45, 7) is 2.15. The van der Waals surface area contributed by atoms with Gasteiger partial charge in [0, 0.05) is 27.2 Å². The second-order valence-electron chi connectivity index (χ2n) is 4.16. The molecule has 0 aliphatic rings. The molecule has 102 valence electrons. The fourth-order valence-corrected chi connectivity index (χ4v) is 2.89. The van der Waals surface area contributed by atoms with Gasteiger partial charge >= 0.3 is 10.2 Å². The number of benzene rings is 1. The lowest BCUT2D eigenvalue weighted by Crippen LogP contribution is -2.40. The van der Waals surface area contributed by atoms with Crippen LogP contribution in [0.5, 0.6) is 0 Å². The van der Waals surface area contributed by atoms with Crippen LogP contribution in [0.3, 0.4) is 0 Å². The van der Waals surface area contributed by atoms with Crippen LogP contribution in [0.25, 0.3) is 0 Å². The fourth-order valence-electron chi connectivity index (χ4n) is 1.66. The summed E-state index contributed by atoms with van der Waals surface area (Å²) in [7, 11) is -0.483. The van der Waals surface area contributed by atoms with E-state index in [1.54, 1.807) is 6.07 Å². The van der Waals surface area contributed by atoms with E-state index >= 15 is 0 Å². The van der Waals surface area contributed by atoms with E-state index in [0.29, 0.717) is 18.7 Å². The highest BCUT2D eigenvalue weighted by atomic mass is 32.2. The third kappa shape index (κ3) is 3.22. The molecule has 0 aliphatic heterocycles. The summed E-state index contributed by atoms with van der Waals surface area (Å²) in [6.07, 6.45) is 0.428. The maximum absolute atomic E-state index is 12.3. The minimum atomic E-state index is -3.53.